The number of halogens is 1. The predicted molar refractivity (Wildman–Crippen MR) is 82.7 cm³/mol. The molecule has 1 N–H and O–H groups in total. The van der Waals surface area contributed by atoms with E-state index in [-0.39, 0.29) is 5.54 Å². The average Bonchev–Trinajstić information content (AvgIpc) is 2.39. The largest absolute Gasteiger partial charge is 0.241 e. The molecule has 1 aliphatic carbocycles. The summed E-state index contributed by atoms with van der Waals surface area (Å²) in [6, 6.07) is 6.99. The number of alkyl halides is 1. The Morgan fingerprint density at radius 3 is 2.30 bits per heavy atom. The van der Waals surface area contributed by atoms with Gasteiger partial charge in [-0.3, -0.25) is 0 Å². The fraction of sp³-hybridized carbons (Fsp3) is 0.600. The van der Waals surface area contributed by atoms with Crippen LogP contribution in [0.5, 0.6) is 0 Å². The molecule has 1 saturated carbocycles. The predicted octanol–water partition coefficient (Wildman–Crippen LogP) is 3.47. The van der Waals surface area contributed by atoms with Crippen molar-refractivity contribution in [3.8, 4) is 0 Å². The van der Waals surface area contributed by atoms with E-state index >= 15 is 0 Å². The van der Waals surface area contributed by atoms with Crippen molar-refractivity contribution in [1.82, 2.24) is 4.72 Å². The van der Waals surface area contributed by atoms with Gasteiger partial charge in [0.25, 0.3) is 0 Å². The molecule has 112 valence electrons. The molecule has 0 radical (unpaired) electrons. The number of hydrogen-bond acceptors (Lipinski definition) is 2. The van der Waals surface area contributed by atoms with Crippen LogP contribution < -0.4 is 4.72 Å². The van der Waals surface area contributed by atoms with Crippen molar-refractivity contribution in [2.24, 2.45) is 0 Å². The first-order valence-corrected chi connectivity index (χ1v) is 9.16. The van der Waals surface area contributed by atoms with Crippen LogP contribution in [0.3, 0.4) is 0 Å². The zero-order valence-electron chi connectivity index (χ0n) is 11.9. The fourth-order valence-electron chi connectivity index (χ4n) is 2.76. The van der Waals surface area contributed by atoms with Gasteiger partial charge in [0.15, 0.2) is 0 Å². The summed E-state index contributed by atoms with van der Waals surface area (Å²) >= 11 is 5.68. The molecule has 1 aromatic carbocycles. The van der Waals surface area contributed by atoms with E-state index in [0.29, 0.717) is 10.8 Å². The molecule has 0 saturated heterocycles. The molecule has 0 spiro atoms. The number of sulfonamides is 1. The van der Waals surface area contributed by atoms with Gasteiger partial charge >= 0.3 is 0 Å². The SMILES string of the molecule is CC1(NS(=O)(=O)c2ccc(CCCl)cc2)CCCCC1. The van der Waals surface area contributed by atoms with Crippen molar-refractivity contribution >= 4 is 21.6 Å². The summed E-state index contributed by atoms with van der Waals surface area (Å²) < 4.78 is 27.8. The first-order valence-electron chi connectivity index (χ1n) is 7.14. The lowest BCUT2D eigenvalue weighted by molar-refractivity contribution is 0.294. The van der Waals surface area contributed by atoms with E-state index in [1.54, 1.807) is 12.1 Å². The van der Waals surface area contributed by atoms with E-state index in [4.69, 9.17) is 11.6 Å². The minimum atomic E-state index is -3.43. The molecule has 0 heterocycles. The Kier molecular flexibility index (Phi) is 5.10. The molecule has 0 unspecified atom stereocenters. The van der Waals surface area contributed by atoms with Gasteiger partial charge in [-0.05, 0) is 43.9 Å². The highest BCUT2D eigenvalue weighted by Gasteiger charge is 2.31. The third-order valence-corrected chi connectivity index (χ3v) is 5.80. The normalized spacial score (nSPS) is 18.9. The molecule has 0 aliphatic heterocycles. The summed E-state index contributed by atoms with van der Waals surface area (Å²) in [5, 5.41) is 0. The standard InChI is InChI=1S/C15H22ClNO2S/c1-15(10-3-2-4-11-15)17-20(18,19)14-7-5-13(6-8-14)9-12-16/h5-8,17H,2-4,9-12H2,1H3. The molecule has 0 amide bonds. The first-order chi connectivity index (χ1) is 9.45. The molecule has 5 heteroatoms. The van der Waals surface area contributed by atoms with Gasteiger partial charge in [-0.15, -0.1) is 11.6 Å². The molecule has 20 heavy (non-hydrogen) atoms. The molecule has 3 nitrogen and oxygen atoms in total. The Hall–Kier alpha value is -0.580. The average molecular weight is 316 g/mol. The van der Waals surface area contributed by atoms with Crippen molar-refractivity contribution in [1.29, 1.82) is 0 Å². The van der Waals surface area contributed by atoms with Crippen molar-refractivity contribution < 1.29 is 8.42 Å². The highest BCUT2D eigenvalue weighted by molar-refractivity contribution is 7.89. The lowest BCUT2D eigenvalue weighted by Gasteiger charge is -2.34. The zero-order chi connectivity index (χ0) is 14.6. The second kappa shape index (κ2) is 6.46. The minimum Gasteiger partial charge on any atom is -0.207 e. The van der Waals surface area contributed by atoms with Crippen molar-refractivity contribution in [2.75, 3.05) is 5.88 Å². The lowest BCUT2D eigenvalue weighted by atomic mass is 9.84. The molecule has 1 fully saturated rings. The molecule has 2 rings (SSSR count). The van der Waals surface area contributed by atoms with Gasteiger partial charge in [0.1, 0.15) is 0 Å². The monoisotopic (exact) mass is 315 g/mol. The van der Waals surface area contributed by atoms with E-state index < -0.39 is 10.0 Å². The fourth-order valence-corrected chi connectivity index (χ4v) is 4.45. The van der Waals surface area contributed by atoms with E-state index in [1.165, 1.54) is 6.42 Å². The third kappa shape index (κ3) is 3.96. The van der Waals surface area contributed by atoms with Gasteiger partial charge in [0.2, 0.25) is 10.0 Å². The number of nitrogens with one attached hydrogen (secondary N) is 1. The van der Waals surface area contributed by atoms with E-state index in [9.17, 15) is 8.42 Å². The van der Waals surface area contributed by atoms with Gasteiger partial charge in [-0.1, -0.05) is 31.4 Å². The van der Waals surface area contributed by atoms with Crippen LogP contribution in [0.4, 0.5) is 0 Å². The lowest BCUT2D eigenvalue weighted by Crippen LogP contribution is -2.47. The van der Waals surface area contributed by atoms with Crippen LogP contribution in [-0.2, 0) is 16.4 Å². The molecule has 1 aromatic rings. The Morgan fingerprint density at radius 2 is 1.75 bits per heavy atom. The third-order valence-electron chi connectivity index (χ3n) is 3.95. The van der Waals surface area contributed by atoms with E-state index in [1.807, 2.05) is 19.1 Å². The highest BCUT2D eigenvalue weighted by Crippen LogP contribution is 2.29. The Bertz CT molecular complexity index is 533. The smallest absolute Gasteiger partial charge is 0.207 e. The maximum Gasteiger partial charge on any atom is 0.241 e. The summed E-state index contributed by atoms with van der Waals surface area (Å²) in [5.74, 6) is 0.544. The maximum atomic E-state index is 12.4. The van der Waals surface area contributed by atoms with Crippen LogP contribution in [0.25, 0.3) is 0 Å². The summed E-state index contributed by atoms with van der Waals surface area (Å²) in [6.45, 7) is 2.01. The summed E-state index contributed by atoms with van der Waals surface area (Å²) in [5.41, 5.74) is 0.758. The zero-order valence-corrected chi connectivity index (χ0v) is 13.4. The second-order valence-electron chi connectivity index (χ2n) is 5.81. The van der Waals surface area contributed by atoms with Crippen LogP contribution >= 0.6 is 11.6 Å². The van der Waals surface area contributed by atoms with Gasteiger partial charge in [-0.2, -0.15) is 0 Å². The Morgan fingerprint density at radius 1 is 1.15 bits per heavy atom. The van der Waals surface area contributed by atoms with Crippen molar-refractivity contribution in [2.45, 2.75) is 55.9 Å². The van der Waals surface area contributed by atoms with Gasteiger partial charge < -0.3 is 0 Å². The minimum absolute atomic E-state index is 0.300. The molecule has 0 atom stereocenters. The summed E-state index contributed by atoms with van der Waals surface area (Å²) in [6.07, 6.45) is 5.96. The molecule has 0 bridgehead atoms. The number of benzene rings is 1. The highest BCUT2D eigenvalue weighted by atomic mass is 35.5. The summed E-state index contributed by atoms with van der Waals surface area (Å²) in [4.78, 5) is 0.336. The number of aryl methyl sites for hydroxylation is 1. The second-order valence-corrected chi connectivity index (χ2v) is 7.87. The van der Waals surface area contributed by atoms with Gasteiger partial charge in [0, 0.05) is 11.4 Å². The van der Waals surface area contributed by atoms with Gasteiger partial charge in [0.05, 0.1) is 4.90 Å². The van der Waals surface area contributed by atoms with Crippen LogP contribution in [0.1, 0.15) is 44.6 Å². The van der Waals surface area contributed by atoms with Crippen LogP contribution in [0, 0.1) is 0 Å². The van der Waals surface area contributed by atoms with Crippen molar-refractivity contribution in [3.05, 3.63) is 29.8 Å². The Balaban J connectivity index is 2.13. The first kappa shape index (κ1) is 15.8. The number of hydrogen-bond donors (Lipinski definition) is 1. The molecule has 1 aliphatic rings. The quantitative estimate of drug-likeness (QED) is 0.846. The summed E-state index contributed by atoms with van der Waals surface area (Å²) in [7, 11) is -3.43. The van der Waals surface area contributed by atoms with Crippen LogP contribution in [0.15, 0.2) is 29.2 Å². The molecular weight excluding hydrogens is 294 g/mol. The molecule has 0 aromatic heterocycles. The topological polar surface area (TPSA) is 46.2 Å². The van der Waals surface area contributed by atoms with E-state index in [0.717, 1.165) is 37.7 Å². The van der Waals surface area contributed by atoms with Crippen LogP contribution in [-0.4, -0.2) is 19.8 Å². The van der Waals surface area contributed by atoms with Gasteiger partial charge in [-0.25, -0.2) is 13.1 Å². The Labute approximate surface area is 126 Å². The van der Waals surface area contributed by atoms with Crippen LogP contribution in [0.2, 0.25) is 0 Å². The number of rotatable bonds is 5. The maximum absolute atomic E-state index is 12.4. The molecular formula is C15H22ClNO2S. The van der Waals surface area contributed by atoms with E-state index in [2.05, 4.69) is 4.72 Å². The van der Waals surface area contributed by atoms with Crippen molar-refractivity contribution in [3.63, 3.8) is 0 Å².